The van der Waals surface area contributed by atoms with Crippen LogP contribution in [0.3, 0.4) is 0 Å². The van der Waals surface area contributed by atoms with Gasteiger partial charge in [0, 0.05) is 16.9 Å². The largest absolute Gasteiger partial charge is 0.416 e. The van der Waals surface area contributed by atoms with E-state index in [1.54, 1.807) is 6.07 Å². The van der Waals surface area contributed by atoms with E-state index < -0.39 is 23.6 Å². The Morgan fingerprint density at radius 2 is 1.42 bits per heavy atom. The van der Waals surface area contributed by atoms with Crippen LogP contribution in [-0.2, 0) is 11.0 Å². The first-order valence-corrected chi connectivity index (χ1v) is 10.4. The standard InChI is InChI=1S/C22H15Cl3F3N3O2/c23-16-9-18(25)19(10-17(16)24)29-11-20(32)30-14-5-1-3-12(7-14)21(33)31-15-6-2-4-13(8-15)22(26,27)28/h1-10,29H,11H2,(H,30,32)(H,31,33). The van der Waals surface area contributed by atoms with Gasteiger partial charge in [0.05, 0.1) is 32.9 Å². The van der Waals surface area contributed by atoms with Gasteiger partial charge in [-0.3, -0.25) is 9.59 Å². The van der Waals surface area contributed by atoms with Crippen LogP contribution in [0.25, 0.3) is 0 Å². The molecule has 0 aliphatic rings. The average Bonchev–Trinajstić information content (AvgIpc) is 2.75. The van der Waals surface area contributed by atoms with E-state index in [1.807, 2.05) is 0 Å². The third-order valence-electron chi connectivity index (χ3n) is 4.31. The summed E-state index contributed by atoms with van der Waals surface area (Å²) in [6.45, 7) is -0.154. The van der Waals surface area contributed by atoms with Gasteiger partial charge in [-0.1, -0.05) is 46.9 Å². The van der Waals surface area contributed by atoms with Crippen molar-refractivity contribution in [3.63, 3.8) is 0 Å². The molecule has 5 nitrogen and oxygen atoms in total. The molecule has 0 radical (unpaired) electrons. The summed E-state index contributed by atoms with van der Waals surface area (Å²) >= 11 is 17.9. The fourth-order valence-corrected chi connectivity index (χ4v) is 3.37. The smallest absolute Gasteiger partial charge is 0.375 e. The summed E-state index contributed by atoms with van der Waals surface area (Å²) in [5.74, 6) is -1.07. The van der Waals surface area contributed by atoms with Gasteiger partial charge in [0.2, 0.25) is 5.91 Å². The zero-order valence-electron chi connectivity index (χ0n) is 16.6. The predicted octanol–water partition coefficient (Wildman–Crippen LogP) is 6.97. The third kappa shape index (κ3) is 6.77. The molecule has 3 aromatic rings. The molecular weight excluding hydrogens is 502 g/mol. The number of anilines is 3. The fraction of sp³-hybridized carbons (Fsp3) is 0.0909. The minimum absolute atomic E-state index is 0.00744. The molecule has 2 amide bonds. The summed E-state index contributed by atoms with van der Waals surface area (Å²) in [5, 5.41) is 8.68. The lowest BCUT2D eigenvalue weighted by Gasteiger charge is -2.12. The molecule has 172 valence electrons. The number of rotatable bonds is 6. The first-order chi connectivity index (χ1) is 15.5. The lowest BCUT2D eigenvalue weighted by atomic mass is 10.1. The van der Waals surface area contributed by atoms with Crippen LogP contribution in [0.15, 0.2) is 60.7 Å². The van der Waals surface area contributed by atoms with Crippen LogP contribution >= 0.6 is 34.8 Å². The molecule has 0 fully saturated rings. The Kier molecular flexibility index (Phi) is 7.73. The summed E-state index contributed by atoms with van der Waals surface area (Å²) in [7, 11) is 0. The van der Waals surface area contributed by atoms with Gasteiger partial charge in [0.25, 0.3) is 5.91 Å². The number of carbonyl (C=O) groups is 2. The zero-order chi connectivity index (χ0) is 24.2. The van der Waals surface area contributed by atoms with Gasteiger partial charge in [-0.05, 0) is 48.5 Å². The zero-order valence-corrected chi connectivity index (χ0v) is 18.8. The van der Waals surface area contributed by atoms with Crippen molar-refractivity contribution in [2.24, 2.45) is 0 Å². The quantitative estimate of drug-likeness (QED) is 0.310. The van der Waals surface area contributed by atoms with Crippen molar-refractivity contribution < 1.29 is 22.8 Å². The van der Waals surface area contributed by atoms with Crippen molar-refractivity contribution in [2.45, 2.75) is 6.18 Å². The van der Waals surface area contributed by atoms with Crippen LogP contribution in [0.4, 0.5) is 30.2 Å². The van der Waals surface area contributed by atoms with Crippen LogP contribution in [0.2, 0.25) is 15.1 Å². The number of hydrogen-bond acceptors (Lipinski definition) is 3. The number of amides is 2. The van der Waals surface area contributed by atoms with Gasteiger partial charge in [0.15, 0.2) is 0 Å². The summed E-state index contributed by atoms with van der Waals surface area (Å²) in [6.07, 6.45) is -4.53. The van der Waals surface area contributed by atoms with E-state index in [-0.39, 0.29) is 32.9 Å². The molecule has 0 bridgehead atoms. The molecule has 3 rings (SSSR count). The van der Waals surface area contributed by atoms with E-state index in [9.17, 15) is 22.8 Å². The van der Waals surface area contributed by atoms with Crippen molar-refractivity contribution in [2.75, 3.05) is 22.5 Å². The highest BCUT2D eigenvalue weighted by molar-refractivity contribution is 6.44. The minimum Gasteiger partial charge on any atom is -0.375 e. The van der Waals surface area contributed by atoms with Crippen molar-refractivity contribution in [1.82, 2.24) is 0 Å². The Morgan fingerprint density at radius 3 is 2.12 bits per heavy atom. The number of carbonyl (C=O) groups excluding carboxylic acids is 2. The molecule has 0 unspecified atom stereocenters. The van der Waals surface area contributed by atoms with Gasteiger partial charge >= 0.3 is 6.18 Å². The molecule has 0 aromatic heterocycles. The van der Waals surface area contributed by atoms with Crippen LogP contribution in [0, 0.1) is 0 Å². The number of hydrogen-bond donors (Lipinski definition) is 3. The van der Waals surface area contributed by atoms with Crippen molar-refractivity contribution >= 4 is 63.7 Å². The summed E-state index contributed by atoms with van der Waals surface area (Å²) < 4.78 is 38.6. The molecule has 0 saturated carbocycles. The molecule has 33 heavy (non-hydrogen) atoms. The topological polar surface area (TPSA) is 70.2 Å². The molecule has 0 atom stereocenters. The molecule has 0 aliphatic heterocycles. The van der Waals surface area contributed by atoms with Crippen molar-refractivity contribution in [3.8, 4) is 0 Å². The Hall–Kier alpha value is -2.94. The second-order valence-corrected chi connectivity index (χ2v) is 7.98. The Morgan fingerprint density at radius 1 is 0.788 bits per heavy atom. The average molecular weight is 517 g/mol. The molecule has 3 aromatic carbocycles. The second kappa shape index (κ2) is 10.3. The molecule has 0 spiro atoms. The maximum Gasteiger partial charge on any atom is 0.416 e. The van der Waals surface area contributed by atoms with Gasteiger partial charge in [0.1, 0.15) is 0 Å². The SMILES string of the molecule is O=C(CNc1cc(Cl)c(Cl)cc1Cl)Nc1cccc(C(=O)Nc2cccc(C(F)(F)F)c2)c1. The lowest BCUT2D eigenvalue weighted by Crippen LogP contribution is -2.22. The maximum absolute atomic E-state index is 12.9. The monoisotopic (exact) mass is 515 g/mol. The van der Waals surface area contributed by atoms with E-state index in [2.05, 4.69) is 16.0 Å². The highest BCUT2D eigenvalue weighted by atomic mass is 35.5. The van der Waals surface area contributed by atoms with Gasteiger partial charge in [-0.15, -0.1) is 0 Å². The van der Waals surface area contributed by atoms with E-state index in [0.717, 1.165) is 12.1 Å². The maximum atomic E-state index is 12.9. The summed E-state index contributed by atoms with van der Waals surface area (Å²) in [4.78, 5) is 24.7. The van der Waals surface area contributed by atoms with Gasteiger partial charge in [-0.25, -0.2) is 0 Å². The summed E-state index contributed by atoms with van der Waals surface area (Å²) in [5.41, 5.74) is -0.0114. The highest BCUT2D eigenvalue weighted by Crippen LogP contribution is 2.32. The van der Waals surface area contributed by atoms with Gasteiger partial charge in [-0.2, -0.15) is 13.2 Å². The predicted molar refractivity (Wildman–Crippen MR) is 124 cm³/mol. The van der Waals surface area contributed by atoms with Crippen LogP contribution < -0.4 is 16.0 Å². The number of benzene rings is 3. The van der Waals surface area contributed by atoms with Crippen LogP contribution in [-0.4, -0.2) is 18.4 Å². The molecule has 0 heterocycles. The number of halogens is 6. The molecular formula is C22H15Cl3F3N3O2. The summed E-state index contributed by atoms with van der Waals surface area (Å²) in [6, 6.07) is 13.2. The van der Waals surface area contributed by atoms with E-state index >= 15 is 0 Å². The minimum atomic E-state index is -4.53. The fourth-order valence-electron chi connectivity index (χ4n) is 2.75. The third-order valence-corrected chi connectivity index (χ3v) is 5.34. The molecule has 11 heteroatoms. The lowest BCUT2D eigenvalue weighted by molar-refractivity contribution is -0.137. The Balaban J connectivity index is 1.63. The Bertz CT molecular complexity index is 1200. The second-order valence-electron chi connectivity index (χ2n) is 6.76. The molecule has 0 saturated heterocycles. The molecule has 0 aliphatic carbocycles. The van der Waals surface area contributed by atoms with Crippen molar-refractivity contribution in [1.29, 1.82) is 0 Å². The highest BCUT2D eigenvalue weighted by Gasteiger charge is 2.30. The van der Waals surface area contributed by atoms with E-state index in [0.29, 0.717) is 11.4 Å². The Labute approximate surface area is 201 Å². The van der Waals surface area contributed by atoms with Crippen LogP contribution in [0.1, 0.15) is 15.9 Å². The van der Waals surface area contributed by atoms with Gasteiger partial charge < -0.3 is 16.0 Å². The first-order valence-electron chi connectivity index (χ1n) is 9.30. The normalized spacial score (nSPS) is 11.1. The number of alkyl halides is 3. The first kappa shape index (κ1) is 24.7. The van der Waals surface area contributed by atoms with E-state index in [4.69, 9.17) is 34.8 Å². The molecule has 3 N–H and O–H groups in total. The van der Waals surface area contributed by atoms with Crippen molar-refractivity contribution in [3.05, 3.63) is 86.9 Å². The number of nitrogens with one attached hydrogen (secondary N) is 3. The van der Waals surface area contributed by atoms with E-state index in [1.165, 1.54) is 42.5 Å². The van der Waals surface area contributed by atoms with Crippen LogP contribution in [0.5, 0.6) is 0 Å².